The van der Waals surface area contributed by atoms with Crippen molar-refractivity contribution in [3.63, 3.8) is 0 Å². The van der Waals surface area contributed by atoms with Gasteiger partial charge in [0.05, 0.1) is 11.3 Å². The molecule has 2 atom stereocenters. The summed E-state index contributed by atoms with van der Waals surface area (Å²) in [4.78, 5) is 23.7. The Morgan fingerprint density at radius 1 is 1.21 bits per heavy atom. The molecule has 0 spiro atoms. The van der Waals surface area contributed by atoms with Gasteiger partial charge in [0.2, 0.25) is 0 Å². The number of rotatable bonds is 3. The standard InChI is InChI=1S/C15H13FO3/c1-15(9-3-2-4-12(15)14(18)19)13(17)10-5-7-11(16)8-6-10/h2-9,12H,1H3,(H,18,19). The molecule has 1 aliphatic carbocycles. The third-order valence-electron chi connectivity index (χ3n) is 3.36. The fourth-order valence-electron chi connectivity index (χ4n) is 2.20. The maximum atomic E-state index is 12.9. The first kappa shape index (κ1) is 13.2. The number of halogens is 1. The Bertz CT molecular complexity index is 572. The molecular weight excluding hydrogens is 247 g/mol. The van der Waals surface area contributed by atoms with Crippen LogP contribution in [0.25, 0.3) is 0 Å². The Morgan fingerprint density at radius 3 is 2.42 bits per heavy atom. The number of ketones is 1. The topological polar surface area (TPSA) is 54.4 Å². The Hall–Kier alpha value is -2.23. The van der Waals surface area contributed by atoms with E-state index in [1.807, 2.05) is 0 Å². The van der Waals surface area contributed by atoms with Gasteiger partial charge in [-0.3, -0.25) is 9.59 Å². The highest BCUT2D eigenvalue weighted by Gasteiger charge is 2.43. The third-order valence-corrected chi connectivity index (χ3v) is 3.36. The SMILES string of the molecule is CC1(C(=O)c2ccc(F)cc2)C=CC=CC1C(=O)O. The van der Waals surface area contributed by atoms with E-state index in [2.05, 4.69) is 0 Å². The lowest BCUT2D eigenvalue weighted by Crippen LogP contribution is -2.38. The Morgan fingerprint density at radius 2 is 1.84 bits per heavy atom. The van der Waals surface area contributed by atoms with Crippen LogP contribution in [0, 0.1) is 17.2 Å². The van der Waals surface area contributed by atoms with E-state index in [4.69, 9.17) is 0 Å². The number of hydrogen-bond acceptors (Lipinski definition) is 2. The van der Waals surface area contributed by atoms with Crippen molar-refractivity contribution in [3.8, 4) is 0 Å². The summed E-state index contributed by atoms with van der Waals surface area (Å²) in [6.45, 7) is 1.58. The number of Topliss-reactive ketones (excluding diaryl/α,β-unsaturated/α-hetero) is 1. The largest absolute Gasteiger partial charge is 0.481 e. The number of carboxylic acids is 1. The van der Waals surface area contributed by atoms with Gasteiger partial charge < -0.3 is 5.11 Å². The van der Waals surface area contributed by atoms with Crippen LogP contribution in [-0.4, -0.2) is 16.9 Å². The van der Waals surface area contributed by atoms with E-state index in [0.717, 1.165) is 0 Å². The zero-order valence-electron chi connectivity index (χ0n) is 10.3. The van der Waals surface area contributed by atoms with Gasteiger partial charge in [-0.05, 0) is 31.2 Å². The molecule has 0 fully saturated rings. The first-order valence-corrected chi connectivity index (χ1v) is 5.84. The average molecular weight is 260 g/mol. The molecule has 0 saturated heterocycles. The first-order valence-electron chi connectivity index (χ1n) is 5.84. The molecule has 1 aromatic carbocycles. The molecule has 0 radical (unpaired) electrons. The molecule has 2 unspecified atom stereocenters. The summed E-state index contributed by atoms with van der Waals surface area (Å²) in [6.07, 6.45) is 6.33. The normalized spacial score (nSPS) is 25.3. The van der Waals surface area contributed by atoms with Crippen molar-refractivity contribution >= 4 is 11.8 Å². The van der Waals surface area contributed by atoms with Crippen molar-refractivity contribution in [1.82, 2.24) is 0 Å². The van der Waals surface area contributed by atoms with E-state index < -0.39 is 23.1 Å². The summed E-state index contributed by atoms with van der Waals surface area (Å²) in [5.41, 5.74) is -0.853. The maximum Gasteiger partial charge on any atom is 0.311 e. The summed E-state index contributed by atoms with van der Waals surface area (Å²) in [5.74, 6) is -2.75. The molecule has 1 N–H and O–H groups in total. The van der Waals surface area contributed by atoms with Gasteiger partial charge in [0.25, 0.3) is 0 Å². The van der Waals surface area contributed by atoms with E-state index >= 15 is 0 Å². The molecule has 4 heteroatoms. The highest BCUT2D eigenvalue weighted by Crippen LogP contribution is 2.36. The number of carboxylic acid groups (broad SMARTS) is 1. The van der Waals surface area contributed by atoms with Crippen LogP contribution in [0.15, 0.2) is 48.6 Å². The Labute approximate surface area is 110 Å². The second-order valence-corrected chi connectivity index (χ2v) is 4.68. The third kappa shape index (κ3) is 2.34. The van der Waals surface area contributed by atoms with Crippen LogP contribution in [0.5, 0.6) is 0 Å². The van der Waals surface area contributed by atoms with Crippen molar-refractivity contribution < 1.29 is 19.1 Å². The zero-order valence-corrected chi connectivity index (χ0v) is 10.3. The van der Waals surface area contributed by atoms with E-state index in [9.17, 15) is 19.1 Å². The molecule has 98 valence electrons. The van der Waals surface area contributed by atoms with Gasteiger partial charge >= 0.3 is 5.97 Å². The molecule has 0 bridgehead atoms. The van der Waals surface area contributed by atoms with Crippen molar-refractivity contribution in [2.45, 2.75) is 6.92 Å². The lowest BCUT2D eigenvalue weighted by molar-refractivity contribution is -0.142. The number of aliphatic carboxylic acids is 1. The highest BCUT2D eigenvalue weighted by atomic mass is 19.1. The molecule has 19 heavy (non-hydrogen) atoms. The lowest BCUT2D eigenvalue weighted by Gasteiger charge is -2.31. The van der Waals surface area contributed by atoms with Gasteiger partial charge in [-0.25, -0.2) is 4.39 Å². The van der Waals surface area contributed by atoms with Crippen molar-refractivity contribution in [2.24, 2.45) is 11.3 Å². The summed E-state index contributed by atoms with van der Waals surface area (Å²) < 4.78 is 12.9. The molecule has 0 aliphatic heterocycles. The van der Waals surface area contributed by atoms with Gasteiger partial charge in [-0.15, -0.1) is 0 Å². The Balaban J connectivity index is 2.40. The second kappa shape index (κ2) is 4.80. The zero-order chi connectivity index (χ0) is 14.0. The molecule has 0 aromatic heterocycles. The average Bonchev–Trinajstić information content (AvgIpc) is 2.39. The number of carbonyl (C=O) groups excluding carboxylic acids is 1. The quantitative estimate of drug-likeness (QED) is 0.850. The molecule has 0 saturated carbocycles. The van der Waals surface area contributed by atoms with Gasteiger partial charge in [-0.2, -0.15) is 0 Å². The van der Waals surface area contributed by atoms with Crippen molar-refractivity contribution in [3.05, 3.63) is 60.0 Å². The molecule has 2 rings (SSSR count). The predicted octanol–water partition coefficient (Wildman–Crippen LogP) is 2.84. The van der Waals surface area contributed by atoms with Crippen LogP contribution in [-0.2, 0) is 4.79 Å². The molecule has 3 nitrogen and oxygen atoms in total. The minimum Gasteiger partial charge on any atom is -0.481 e. The van der Waals surface area contributed by atoms with Crippen LogP contribution in [0.2, 0.25) is 0 Å². The lowest BCUT2D eigenvalue weighted by atomic mass is 9.69. The van der Waals surface area contributed by atoms with Crippen molar-refractivity contribution in [1.29, 1.82) is 0 Å². The summed E-state index contributed by atoms with van der Waals surface area (Å²) in [6, 6.07) is 5.12. The predicted molar refractivity (Wildman–Crippen MR) is 68.2 cm³/mol. The molecule has 0 amide bonds. The van der Waals surface area contributed by atoms with Gasteiger partial charge in [0.15, 0.2) is 5.78 Å². The van der Waals surface area contributed by atoms with E-state index in [1.165, 1.54) is 30.3 Å². The van der Waals surface area contributed by atoms with Gasteiger partial charge in [0, 0.05) is 5.56 Å². The van der Waals surface area contributed by atoms with Gasteiger partial charge in [0.1, 0.15) is 5.82 Å². The van der Waals surface area contributed by atoms with Crippen LogP contribution in [0.1, 0.15) is 17.3 Å². The second-order valence-electron chi connectivity index (χ2n) is 4.68. The van der Waals surface area contributed by atoms with E-state index in [-0.39, 0.29) is 5.78 Å². The Kier molecular flexibility index (Phi) is 3.34. The molecule has 0 heterocycles. The van der Waals surface area contributed by atoms with Crippen LogP contribution in [0.4, 0.5) is 4.39 Å². The van der Waals surface area contributed by atoms with Crippen LogP contribution in [0.3, 0.4) is 0 Å². The minimum atomic E-state index is -1.15. The fourth-order valence-corrected chi connectivity index (χ4v) is 2.20. The minimum absolute atomic E-state index is 0.301. The molecule has 1 aliphatic rings. The van der Waals surface area contributed by atoms with E-state index in [0.29, 0.717) is 5.56 Å². The number of benzene rings is 1. The summed E-state index contributed by atoms with van der Waals surface area (Å²) in [7, 11) is 0. The summed E-state index contributed by atoms with van der Waals surface area (Å²) >= 11 is 0. The molecule has 1 aromatic rings. The molecular formula is C15H13FO3. The first-order chi connectivity index (χ1) is 8.95. The maximum absolute atomic E-state index is 12.9. The number of carbonyl (C=O) groups is 2. The van der Waals surface area contributed by atoms with Crippen molar-refractivity contribution in [2.75, 3.05) is 0 Å². The monoisotopic (exact) mass is 260 g/mol. The number of allylic oxidation sites excluding steroid dienone is 3. The smallest absolute Gasteiger partial charge is 0.311 e. The van der Waals surface area contributed by atoms with Crippen LogP contribution < -0.4 is 0 Å². The van der Waals surface area contributed by atoms with Gasteiger partial charge in [-0.1, -0.05) is 24.3 Å². The fraction of sp³-hybridized carbons (Fsp3) is 0.200. The summed E-state index contributed by atoms with van der Waals surface area (Å²) in [5, 5.41) is 9.22. The highest BCUT2D eigenvalue weighted by molar-refractivity contribution is 6.04. The van der Waals surface area contributed by atoms with E-state index in [1.54, 1.807) is 25.2 Å². The number of hydrogen-bond donors (Lipinski definition) is 1. The van der Waals surface area contributed by atoms with Crippen LogP contribution >= 0.6 is 0 Å².